The number of piperidine rings is 1. The van der Waals surface area contributed by atoms with E-state index in [1.165, 1.54) is 31.7 Å². The zero-order valence-electron chi connectivity index (χ0n) is 16.0. The van der Waals surface area contributed by atoms with Crippen molar-refractivity contribution in [2.45, 2.75) is 43.4 Å². The standard InChI is InChI=1S/C19H29N3O4S/c1-27(25,26)18-10-6-9-17(19(18)22(23)24)21-13-7-8-16(15-21)14-20-11-4-2-3-5-12-20/h6,9-10,16H,2-5,7-8,11-15H2,1H3. The van der Waals surface area contributed by atoms with Gasteiger partial charge < -0.3 is 9.80 Å². The Bertz CT molecular complexity index is 773. The molecule has 1 unspecified atom stereocenters. The van der Waals surface area contributed by atoms with Crippen LogP contribution in [-0.2, 0) is 9.84 Å². The van der Waals surface area contributed by atoms with Gasteiger partial charge in [0.2, 0.25) is 0 Å². The van der Waals surface area contributed by atoms with E-state index in [0.29, 0.717) is 11.6 Å². The highest BCUT2D eigenvalue weighted by Gasteiger charge is 2.31. The Morgan fingerprint density at radius 2 is 1.81 bits per heavy atom. The monoisotopic (exact) mass is 395 g/mol. The van der Waals surface area contributed by atoms with Crippen LogP contribution in [0.3, 0.4) is 0 Å². The second kappa shape index (κ2) is 8.56. The number of anilines is 1. The largest absolute Gasteiger partial charge is 0.366 e. The van der Waals surface area contributed by atoms with E-state index in [-0.39, 0.29) is 10.6 Å². The molecule has 150 valence electrons. The third kappa shape index (κ3) is 4.99. The predicted octanol–water partition coefficient (Wildman–Crippen LogP) is 3.09. The van der Waals surface area contributed by atoms with Gasteiger partial charge in [-0.25, -0.2) is 8.42 Å². The maximum atomic E-state index is 12.0. The number of rotatable bonds is 5. The smallest absolute Gasteiger partial charge is 0.311 e. The van der Waals surface area contributed by atoms with Crippen LogP contribution in [0.5, 0.6) is 0 Å². The summed E-state index contributed by atoms with van der Waals surface area (Å²) in [5.41, 5.74) is 0.152. The van der Waals surface area contributed by atoms with E-state index in [9.17, 15) is 18.5 Å². The number of para-hydroxylation sites is 1. The lowest BCUT2D eigenvalue weighted by molar-refractivity contribution is -0.387. The molecule has 1 aromatic rings. The molecule has 0 amide bonds. The first kappa shape index (κ1) is 20.1. The molecule has 0 bridgehead atoms. The van der Waals surface area contributed by atoms with Crippen LogP contribution >= 0.6 is 0 Å². The van der Waals surface area contributed by atoms with Gasteiger partial charge in [-0.3, -0.25) is 10.1 Å². The SMILES string of the molecule is CS(=O)(=O)c1cccc(N2CCCC(CN3CCCCCC3)C2)c1[N+](=O)[O-]. The van der Waals surface area contributed by atoms with Crippen molar-refractivity contribution >= 4 is 21.2 Å². The minimum absolute atomic E-state index is 0.195. The zero-order chi connectivity index (χ0) is 19.4. The average Bonchev–Trinajstić information content (AvgIpc) is 2.89. The van der Waals surface area contributed by atoms with Gasteiger partial charge in [-0.15, -0.1) is 0 Å². The molecule has 2 aliphatic heterocycles. The minimum Gasteiger partial charge on any atom is -0.366 e. The van der Waals surface area contributed by atoms with E-state index in [1.54, 1.807) is 12.1 Å². The summed E-state index contributed by atoms with van der Waals surface area (Å²) >= 11 is 0. The Kier molecular flexibility index (Phi) is 6.37. The minimum atomic E-state index is -3.66. The fourth-order valence-corrected chi connectivity index (χ4v) is 5.22. The maximum Gasteiger partial charge on any atom is 0.311 e. The van der Waals surface area contributed by atoms with E-state index in [4.69, 9.17) is 0 Å². The first-order valence-corrected chi connectivity index (χ1v) is 11.7. The number of hydrogen-bond donors (Lipinski definition) is 0. The van der Waals surface area contributed by atoms with Crippen molar-refractivity contribution in [3.63, 3.8) is 0 Å². The van der Waals surface area contributed by atoms with Crippen LogP contribution in [0.1, 0.15) is 38.5 Å². The predicted molar refractivity (Wildman–Crippen MR) is 106 cm³/mol. The Morgan fingerprint density at radius 1 is 1.11 bits per heavy atom. The Balaban J connectivity index is 1.80. The van der Waals surface area contributed by atoms with Crippen molar-refractivity contribution in [2.24, 2.45) is 5.92 Å². The summed E-state index contributed by atoms with van der Waals surface area (Å²) in [5, 5.41) is 11.7. The van der Waals surface area contributed by atoms with E-state index in [2.05, 4.69) is 4.90 Å². The number of nitrogens with zero attached hydrogens (tertiary/aromatic N) is 3. The molecule has 0 radical (unpaired) electrons. The van der Waals surface area contributed by atoms with Crippen LogP contribution in [-0.4, -0.2) is 57.2 Å². The van der Waals surface area contributed by atoms with Gasteiger partial charge in [0.05, 0.1) is 4.92 Å². The molecular formula is C19H29N3O4S. The highest BCUT2D eigenvalue weighted by molar-refractivity contribution is 7.90. The normalized spacial score (nSPS) is 22.4. The Labute approximate surface area is 161 Å². The summed E-state index contributed by atoms with van der Waals surface area (Å²) in [6.07, 6.45) is 8.22. The third-order valence-corrected chi connectivity index (χ3v) is 6.76. The summed E-state index contributed by atoms with van der Waals surface area (Å²) in [5.74, 6) is 0.457. The van der Waals surface area contributed by atoms with Crippen LogP contribution in [0.2, 0.25) is 0 Å². The number of nitro benzene ring substituents is 1. The van der Waals surface area contributed by atoms with E-state index < -0.39 is 14.8 Å². The molecule has 2 saturated heterocycles. The van der Waals surface area contributed by atoms with Crippen molar-refractivity contribution in [3.05, 3.63) is 28.3 Å². The highest BCUT2D eigenvalue weighted by Crippen LogP contribution is 2.36. The number of hydrogen-bond acceptors (Lipinski definition) is 6. The molecule has 1 atom stereocenters. The van der Waals surface area contributed by atoms with Gasteiger partial charge >= 0.3 is 5.69 Å². The zero-order valence-corrected chi connectivity index (χ0v) is 16.8. The van der Waals surface area contributed by atoms with Crippen molar-refractivity contribution in [2.75, 3.05) is 43.9 Å². The average molecular weight is 396 g/mol. The molecule has 2 aliphatic rings. The van der Waals surface area contributed by atoms with Crippen LogP contribution < -0.4 is 4.90 Å². The molecular weight excluding hydrogens is 366 g/mol. The topological polar surface area (TPSA) is 83.8 Å². The van der Waals surface area contributed by atoms with Crippen LogP contribution in [0, 0.1) is 16.0 Å². The van der Waals surface area contributed by atoms with Gasteiger partial charge in [0, 0.05) is 25.9 Å². The number of nitro groups is 1. The Morgan fingerprint density at radius 3 is 2.44 bits per heavy atom. The molecule has 0 aliphatic carbocycles. The molecule has 0 aromatic heterocycles. The van der Waals surface area contributed by atoms with E-state index in [1.807, 2.05) is 4.90 Å². The summed E-state index contributed by atoms with van der Waals surface area (Å²) < 4.78 is 24.0. The van der Waals surface area contributed by atoms with Gasteiger partial charge in [0.25, 0.3) is 0 Å². The molecule has 0 saturated carbocycles. The molecule has 3 rings (SSSR count). The molecule has 0 N–H and O–H groups in total. The molecule has 27 heavy (non-hydrogen) atoms. The summed E-state index contributed by atoms with van der Waals surface area (Å²) in [7, 11) is -3.66. The van der Waals surface area contributed by atoms with Gasteiger partial charge in [-0.2, -0.15) is 0 Å². The van der Waals surface area contributed by atoms with E-state index in [0.717, 1.165) is 51.8 Å². The van der Waals surface area contributed by atoms with Crippen molar-refractivity contribution < 1.29 is 13.3 Å². The molecule has 7 nitrogen and oxygen atoms in total. The lowest BCUT2D eigenvalue weighted by atomic mass is 9.96. The second-order valence-corrected chi connectivity index (χ2v) is 9.81. The molecule has 1 aromatic carbocycles. The first-order valence-electron chi connectivity index (χ1n) is 9.81. The van der Waals surface area contributed by atoms with Crippen molar-refractivity contribution in [3.8, 4) is 0 Å². The number of sulfone groups is 1. The van der Waals surface area contributed by atoms with Gasteiger partial charge in [-0.05, 0) is 56.8 Å². The maximum absolute atomic E-state index is 12.0. The lowest BCUT2D eigenvalue weighted by Gasteiger charge is -2.36. The summed E-state index contributed by atoms with van der Waals surface area (Å²) in [4.78, 5) is 15.5. The van der Waals surface area contributed by atoms with Gasteiger partial charge in [0.1, 0.15) is 10.6 Å². The van der Waals surface area contributed by atoms with Gasteiger partial charge in [0.15, 0.2) is 9.84 Å². The molecule has 2 fully saturated rings. The highest BCUT2D eigenvalue weighted by atomic mass is 32.2. The van der Waals surface area contributed by atoms with Crippen LogP contribution in [0.15, 0.2) is 23.1 Å². The fourth-order valence-electron chi connectivity index (χ4n) is 4.37. The summed E-state index contributed by atoms with van der Waals surface area (Å²) in [6.45, 7) is 4.77. The van der Waals surface area contributed by atoms with E-state index >= 15 is 0 Å². The lowest BCUT2D eigenvalue weighted by Crippen LogP contribution is -2.41. The van der Waals surface area contributed by atoms with Crippen molar-refractivity contribution in [1.82, 2.24) is 4.90 Å². The summed E-state index contributed by atoms with van der Waals surface area (Å²) in [6, 6.07) is 4.62. The quantitative estimate of drug-likeness (QED) is 0.563. The number of benzene rings is 1. The van der Waals surface area contributed by atoms with Crippen molar-refractivity contribution in [1.29, 1.82) is 0 Å². The van der Waals surface area contributed by atoms with Crippen LogP contribution in [0.25, 0.3) is 0 Å². The van der Waals surface area contributed by atoms with Crippen LogP contribution in [0.4, 0.5) is 11.4 Å². The van der Waals surface area contributed by atoms with Gasteiger partial charge in [-0.1, -0.05) is 18.9 Å². The molecule has 2 heterocycles. The second-order valence-electron chi connectivity index (χ2n) is 7.82. The molecule has 0 spiro atoms. The molecule has 8 heteroatoms. The number of likely N-dealkylation sites (tertiary alicyclic amines) is 1. The fraction of sp³-hybridized carbons (Fsp3) is 0.684. The Hall–Kier alpha value is -1.67. The third-order valence-electron chi connectivity index (χ3n) is 5.63. The first-order chi connectivity index (χ1) is 12.9.